The largest absolute Gasteiger partial charge is 0.355 e. The van der Waals surface area contributed by atoms with Crippen molar-refractivity contribution in [2.24, 2.45) is 0 Å². The van der Waals surface area contributed by atoms with Crippen LogP contribution in [0.15, 0.2) is 12.1 Å². The monoisotopic (exact) mass is 189 g/mol. The zero-order valence-electron chi connectivity index (χ0n) is 6.48. The fraction of sp³-hybridized carbons (Fsp3) is 0.125. The van der Waals surface area contributed by atoms with Crippen molar-refractivity contribution in [1.29, 1.82) is 0 Å². The lowest BCUT2D eigenvalue weighted by atomic mass is 10.2. The van der Waals surface area contributed by atoms with Crippen LogP contribution in [0.2, 0.25) is 0 Å². The molecule has 0 aliphatic rings. The maximum Gasteiger partial charge on any atom is 0.207 e. The van der Waals surface area contributed by atoms with Gasteiger partial charge in [0.05, 0.1) is 0 Å². The Morgan fingerprint density at radius 2 is 1.77 bits per heavy atom. The van der Waals surface area contributed by atoms with Gasteiger partial charge in [-0.05, 0) is 17.7 Å². The number of carbonyl (C=O) groups is 1. The summed E-state index contributed by atoms with van der Waals surface area (Å²) in [5, 5.41) is 2.20. The first-order valence-corrected chi connectivity index (χ1v) is 3.45. The van der Waals surface area contributed by atoms with Gasteiger partial charge in [-0.25, -0.2) is 13.2 Å². The van der Waals surface area contributed by atoms with Crippen molar-refractivity contribution >= 4 is 6.41 Å². The molecular weight excluding hydrogens is 183 g/mol. The molecule has 5 heteroatoms. The molecule has 1 amide bonds. The summed E-state index contributed by atoms with van der Waals surface area (Å²) < 4.78 is 37.5. The van der Waals surface area contributed by atoms with E-state index in [4.69, 9.17) is 0 Å². The summed E-state index contributed by atoms with van der Waals surface area (Å²) in [6, 6.07) is 1.66. The lowest BCUT2D eigenvalue weighted by Gasteiger charge is -2.01. The third-order valence-corrected chi connectivity index (χ3v) is 1.43. The first kappa shape index (κ1) is 9.57. The third kappa shape index (κ3) is 2.21. The van der Waals surface area contributed by atoms with E-state index in [1.165, 1.54) is 0 Å². The van der Waals surface area contributed by atoms with Gasteiger partial charge in [0.1, 0.15) is 0 Å². The van der Waals surface area contributed by atoms with E-state index in [0.29, 0.717) is 6.41 Å². The molecule has 0 unspecified atom stereocenters. The molecule has 0 saturated heterocycles. The van der Waals surface area contributed by atoms with Gasteiger partial charge >= 0.3 is 0 Å². The van der Waals surface area contributed by atoms with Crippen molar-refractivity contribution in [2.75, 3.05) is 0 Å². The van der Waals surface area contributed by atoms with Crippen LogP contribution in [0.3, 0.4) is 0 Å². The number of halogens is 3. The summed E-state index contributed by atoms with van der Waals surface area (Å²) in [6.45, 7) is -0.0301. The van der Waals surface area contributed by atoms with Gasteiger partial charge in [0.15, 0.2) is 17.5 Å². The summed E-state index contributed by atoms with van der Waals surface area (Å²) in [7, 11) is 0. The van der Waals surface area contributed by atoms with Crippen molar-refractivity contribution in [3.05, 3.63) is 35.1 Å². The first-order valence-electron chi connectivity index (χ1n) is 3.45. The fourth-order valence-electron chi connectivity index (χ4n) is 0.870. The smallest absolute Gasteiger partial charge is 0.207 e. The Labute approximate surface area is 72.4 Å². The van der Waals surface area contributed by atoms with Crippen molar-refractivity contribution in [3.8, 4) is 0 Å². The lowest BCUT2D eigenvalue weighted by molar-refractivity contribution is -0.109. The summed E-state index contributed by atoms with van der Waals surface area (Å²) in [5.41, 5.74) is 0.170. The Balaban J connectivity index is 2.92. The molecule has 2 nitrogen and oxygen atoms in total. The molecule has 70 valence electrons. The molecule has 0 atom stereocenters. The van der Waals surface area contributed by atoms with E-state index in [1.807, 2.05) is 0 Å². The molecule has 0 bridgehead atoms. The van der Waals surface area contributed by atoms with E-state index >= 15 is 0 Å². The molecule has 0 aliphatic carbocycles. The molecular formula is C8H6F3NO. The van der Waals surface area contributed by atoms with Crippen LogP contribution in [0.25, 0.3) is 0 Å². The highest BCUT2D eigenvalue weighted by Crippen LogP contribution is 2.13. The van der Waals surface area contributed by atoms with Gasteiger partial charge < -0.3 is 5.32 Å². The average Bonchev–Trinajstić information content (AvgIpc) is 2.10. The molecule has 0 saturated carbocycles. The van der Waals surface area contributed by atoms with E-state index < -0.39 is 17.5 Å². The summed E-state index contributed by atoms with van der Waals surface area (Å²) in [5.74, 6) is -4.03. The minimum atomic E-state index is -1.50. The molecule has 0 aliphatic heterocycles. The van der Waals surface area contributed by atoms with Crippen LogP contribution in [0.4, 0.5) is 13.2 Å². The van der Waals surface area contributed by atoms with Gasteiger partial charge in [-0.15, -0.1) is 0 Å². The Morgan fingerprint density at radius 1 is 1.23 bits per heavy atom. The highest BCUT2D eigenvalue weighted by atomic mass is 19.2. The lowest BCUT2D eigenvalue weighted by Crippen LogP contribution is -2.10. The Bertz CT molecular complexity index is 304. The SMILES string of the molecule is O=CNCc1cc(F)c(F)c(F)c1. The van der Waals surface area contributed by atoms with Crippen molar-refractivity contribution in [2.45, 2.75) is 6.54 Å². The molecule has 0 fully saturated rings. The second kappa shape index (κ2) is 3.93. The number of hydrogen-bond donors (Lipinski definition) is 1. The zero-order valence-corrected chi connectivity index (χ0v) is 6.48. The summed E-state index contributed by atoms with van der Waals surface area (Å²) in [4.78, 5) is 9.84. The number of amides is 1. The quantitative estimate of drug-likeness (QED) is 0.564. The number of benzene rings is 1. The van der Waals surface area contributed by atoms with Gasteiger partial charge in [-0.2, -0.15) is 0 Å². The first-order chi connectivity index (χ1) is 6.15. The minimum absolute atomic E-state index is 0.0301. The van der Waals surface area contributed by atoms with Crippen LogP contribution in [0, 0.1) is 17.5 Å². The molecule has 0 heterocycles. The topological polar surface area (TPSA) is 29.1 Å². The molecule has 1 aromatic carbocycles. The van der Waals surface area contributed by atoms with Crippen LogP contribution < -0.4 is 5.32 Å². The van der Waals surface area contributed by atoms with Crippen LogP contribution in [-0.4, -0.2) is 6.41 Å². The van der Waals surface area contributed by atoms with Gasteiger partial charge in [0.25, 0.3) is 0 Å². The number of rotatable bonds is 3. The number of hydrogen-bond acceptors (Lipinski definition) is 1. The molecule has 1 N–H and O–H groups in total. The van der Waals surface area contributed by atoms with Crippen LogP contribution in [0.5, 0.6) is 0 Å². The second-order valence-electron chi connectivity index (χ2n) is 2.37. The van der Waals surface area contributed by atoms with E-state index in [9.17, 15) is 18.0 Å². The Kier molecular flexibility index (Phi) is 2.89. The second-order valence-corrected chi connectivity index (χ2v) is 2.37. The Hall–Kier alpha value is -1.52. The molecule has 0 spiro atoms. The third-order valence-electron chi connectivity index (χ3n) is 1.43. The standard InChI is InChI=1S/C8H6F3NO/c9-6-1-5(3-12-4-13)2-7(10)8(6)11/h1-2,4H,3H2,(H,12,13). The van der Waals surface area contributed by atoms with Crippen molar-refractivity contribution in [1.82, 2.24) is 5.32 Å². The molecule has 0 aromatic heterocycles. The molecule has 0 radical (unpaired) electrons. The van der Waals surface area contributed by atoms with Gasteiger partial charge in [-0.3, -0.25) is 4.79 Å². The van der Waals surface area contributed by atoms with E-state index in [2.05, 4.69) is 5.32 Å². The van der Waals surface area contributed by atoms with Crippen molar-refractivity contribution in [3.63, 3.8) is 0 Å². The van der Waals surface area contributed by atoms with E-state index in [0.717, 1.165) is 12.1 Å². The minimum Gasteiger partial charge on any atom is -0.355 e. The zero-order chi connectivity index (χ0) is 9.84. The predicted molar refractivity (Wildman–Crippen MR) is 39.2 cm³/mol. The highest BCUT2D eigenvalue weighted by Gasteiger charge is 2.09. The highest BCUT2D eigenvalue weighted by molar-refractivity contribution is 5.46. The average molecular weight is 189 g/mol. The summed E-state index contributed by atoms with van der Waals surface area (Å²) >= 11 is 0. The van der Waals surface area contributed by atoms with Gasteiger partial charge in [0, 0.05) is 6.54 Å². The van der Waals surface area contributed by atoms with Gasteiger partial charge in [-0.1, -0.05) is 0 Å². The molecule has 1 rings (SSSR count). The van der Waals surface area contributed by atoms with Gasteiger partial charge in [0.2, 0.25) is 6.41 Å². The number of nitrogens with one attached hydrogen (secondary N) is 1. The van der Waals surface area contributed by atoms with Crippen molar-refractivity contribution < 1.29 is 18.0 Å². The van der Waals surface area contributed by atoms with Crippen LogP contribution >= 0.6 is 0 Å². The maximum atomic E-state index is 12.5. The predicted octanol–water partition coefficient (Wildman–Crippen LogP) is 1.35. The number of carbonyl (C=O) groups excluding carboxylic acids is 1. The van der Waals surface area contributed by atoms with E-state index in [1.54, 1.807) is 0 Å². The summed E-state index contributed by atoms with van der Waals surface area (Å²) in [6.07, 6.45) is 0.388. The molecule has 13 heavy (non-hydrogen) atoms. The van der Waals surface area contributed by atoms with Crippen LogP contribution in [-0.2, 0) is 11.3 Å². The Morgan fingerprint density at radius 3 is 2.23 bits per heavy atom. The van der Waals surface area contributed by atoms with Crippen LogP contribution in [0.1, 0.15) is 5.56 Å². The fourth-order valence-corrected chi connectivity index (χ4v) is 0.870. The molecule has 1 aromatic rings. The normalized spacial score (nSPS) is 9.77. The maximum absolute atomic E-state index is 12.5. The van der Waals surface area contributed by atoms with E-state index in [-0.39, 0.29) is 12.1 Å².